The molecule has 2 amide bonds. The van der Waals surface area contributed by atoms with E-state index < -0.39 is 11.8 Å². The smallest absolute Gasteiger partial charge is 0.257 e. The molecule has 182 valence electrons. The van der Waals surface area contributed by atoms with E-state index in [0.29, 0.717) is 40.1 Å². The van der Waals surface area contributed by atoms with Gasteiger partial charge in [-0.05, 0) is 42.3 Å². The number of nitrogens with one attached hydrogen (secondary N) is 2. The van der Waals surface area contributed by atoms with Crippen LogP contribution in [-0.4, -0.2) is 35.0 Å². The Bertz CT molecular complexity index is 1310. The van der Waals surface area contributed by atoms with Crippen molar-refractivity contribution in [1.82, 2.24) is 9.97 Å². The average molecular weight is 499 g/mol. The third-order valence-electron chi connectivity index (χ3n) is 5.26. The van der Waals surface area contributed by atoms with E-state index in [2.05, 4.69) is 15.3 Å². The highest BCUT2D eigenvalue weighted by Crippen LogP contribution is 2.38. The maximum Gasteiger partial charge on any atom is 0.257 e. The van der Waals surface area contributed by atoms with Crippen LogP contribution in [0.4, 0.5) is 10.2 Å². The Balaban J connectivity index is 1.63. The number of benzene rings is 2. The summed E-state index contributed by atoms with van der Waals surface area (Å²) in [6.07, 6.45) is 0.0485. The normalized spacial score (nSPS) is 14.7. The van der Waals surface area contributed by atoms with Crippen LogP contribution >= 0.6 is 11.8 Å². The first-order valence-electron chi connectivity index (χ1n) is 10.8. The van der Waals surface area contributed by atoms with Gasteiger partial charge in [0, 0.05) is 18.1 Å². The van der Waals surface area contributed by atoms with Crippen molar-refractivity contribution in [2.75, 3.05) is 18.5 Å². The van der Waals surface area contributed by atoms with Gasteiger partial charge in [0.05, 0.1) is 12.2 Å². The molecule has 1 aliphatic heterocycles. The number of halogens is 1. The summed E-state index contributed by atoms with van der Waals surface area (Å²) in [7, 11) is 0. The Hall–Kier alpha value is -3.86. The number of H-pyrrole nitrogens is 1. The summed E-state index contributed by atoms with van der Waals surface area (Å²) in [6.45, 7) is 1.83. The number of ether oxygens (including phenoxy) is 2. The summed E-state index contributed by atoms with van der Waals surface area (Å²) in [5, 5.41) is 3.03. The minimum atomic E-state index is -0.625. The first-order chi connectivity index (χ1) is 16.8. The molecular formula is C24H23FN4O5S. The molecule has 0 saturated heterocycles. The second-order valence-electron chi connectivity index (χ2n) is 7.75. The molecule has 0 spiro atoms. The maximum absolute atomic E-state index is 13.1. The number of rotatable bonds is 9. The van der Waals surface area contributed by atoms with E-state index in [-0.39, 0.29) is 36.1 Å². The van der Waals surface area contributed by atoms with Crippen LogP contribution in [0.3, 0.4) is 0 Å². The molecule has 1 atom stereocenters. The molecule has 0 bridgehead atoms. The maximum atomic E-state index is 13.1. The minimum Gasteiger partial charge on any atom is -0.490 e. The molecule has 11 heteroatoms. The average Bonchev–Trinajstić information content (AvgIpc) is 2.82. The number of carbonyl (C=O) groups excluding carboxylic acids is 2. The SMILES string of the molecule is CCOc1cc([C@@H]2CC(=O)Nc3nc(SCc4ccc(F)cc4)[nH]c(=O)c32)ccc1OCC(N)=O. The van der Waals surface area contributed by atoms with Gasteiger partial charge in [0.1, 0.15) is 11.6 Å². The molecule has 0 fully saturated rings. The molecule has 0 aliphatic carbocycles. The van der Waals surface area contributed by atoms with E-state index in [1.54, 1.807) is 37.3 Å². The minimum absolute atomic E-state index is 0.0485. The summed E-state index contributed by atoms with van der Waals surface area (Å²) in [6, 6.07) is 11.1. The summed E-state index contributed by atoms with van der Waals surface area (Å²) in [5.74, 6) is -0.428. The van der Waals surface area contributed by atoms with E-state index in [0.717, 1.165) is 5.56 Å². The number of anilines is 1. The lowest BCUT2D eigenvalue weighted by Crippen LogP contribution is -2.31. The van der Waals surface area contributed by atoms with Crippen LogP contribution in [0.15, 0.2) is 52.4 Å². The number of fused-ring (bicyclic) bond motifs is 1. The van der Waals surface area contributed by atoms with Crippen LogP contribution in [0.2, 0.25) is 0 Å². The Labute approximate surface area is 204 Å². The number of carbonyl (C=O) groups is 2. The van der Waals surface area contributed by atoms with E-state index >= 15 is 0 Å². The van der Waals surface area contributed by atoms with Gasteiger partial charge in [-0.15, -0.1) is 0 Å². The van der Waals surface area contributed by atoms with Gasteiger partial charge in [-0.1, -0.05) is 30.0 Å². The van der Waals surface area contributed by atoms with Gasteiger partial charge in [-0.2, -0.15) is 0 Å². The van der Waals surface area contributed by atoms with Crippen molar-refractivity contribution in [1.29, 1.82) is 0 Å². The monoisotopic (exact) mass is 498 g/mol. The Morgan fingerprint density at radius 3 is 2.66 bits per heavy atom. The highest BCUT2D eigenvalue weighted by atomic mass is 32.2. The number of amides is 2. The number of hydrogen-bond donors (Lipinski definition) is 3. The van der Waals surface area contributed by atoms with Crippen LogP contribution in [-0.2, 0) is 15.3 Å². The molecule has 0 saturated carbocycles. The fraction of sp³-hybridized carbons (Fsp3) is 0.250. The van der Waals surface area contributed by atoms with E-state index in [9.17, 15) is 18.8 Å². The summed E-state index contributed by atoms with van der Waals surface area (Å²) in [4.78, 5) is 43.9. The van der Waals surface area contributed by atoms with Crippen LogP contribution in [0.5, 0.6) is 11.5 Å². The summed E-state index contributed by atoms with van der Waals surface area (Å²) < 4.78 is 24.2. The molecule has 1 aliphatic rings. The van der Waals surface area contributed by atoms with Crippen molar-refractivity contribution in [2.24, 2.45) is 5.73 Å². The van der Waals surface area contributed by atoms with Gasteiger partial charge in [-0.3, -0.25) is 14.4 Å². The second-order valence-corrected chi connectivity index (χ2v) is 8.71. The van der Waals surface area contributed by atoms with E-state index in [4.69, 9.17) is 15.2 Å². The van der Waals surface area contributed by atoms with Crippen molar-refractivity contribution < 1.29 is 23.5 Å². The topological polar surface area (TPSA) is 136 Å². The van der Waals surface area contributed by atoms with Gasteiger partial charge in [0.2, 0.25) is 5.91 Å². The zero-order chi connectivity index (χ0) is 24.9. The first kappa shape index (κ1) is 24.3. The molecule has 2 aromatic carbocycles. The Kier molecular flexibility index (Phi) is 7.35. The number of aromatic nitrogens is 2. The summed E-state index contributed by atoms with van der Waals surface area (Å²) in [5.41, 5.74) is 6.65. The van der Waals surface area contributed by atoms with Gasteiger partial charge in [0.15, 0.2) is 23.3 Å². The van der Waals surface area contributed by atoms with Gasteiger partial charge in [-0.25, -0.2) is 9.37 Å². The van der Waals surface area contributed by atoms with Gasteiger partial charge >= 0.3 is 0 Å². The molecule has 4 N–H and O–H groups in total. The van der Waals surface area contributed by atoms with Crippen LogP contribution in [0, 0.1) is 5.82 Å². The number of thioether (sulfide) groups is 1. The second kappa shape index (κ2) is 10.6. The molecule has 1 aromatic heterocycles. The number of aromatic amines is 1. The van der Waals surface area contributed by atoms with E-state index in [1.807, 2.05) is 0 Å². The Morgan fingerprint density at radius 1 is 1.17 bits per heavy atom. The molecule has 0 radical (unpaired) electrons. The molecular weight excluding hydrogens is 475 g/mol. The van der Waals surface area contributed by atoms with Crippen molar-refractivity contribution in [3.63, 3.8) is 0 Å². The molecule has 3 aromatic rings. The lowest BCUT2D eigenvalue weighted by atomic mass is 9.86. The number of hydrogen-bond acceptors (Lipinski definition) is 7. The quantitative estimate of drug-likeness (QED) is 0.305. The van der Waals surface area contributed by atoms with Crippen LogP contribution in [0.1, 0.15) is 36.0 Å². The third kappa shape index (κ3) is 5.80. The van der Waals surface area contributed by atoms with Crippen LogP contribution in [0.25, 0.3) is 0 Å². The van der Waals surface area contributed by atoms with Crippen molar-refractivity contribution in [3.05, 3.63) is 75.3 Å². The van der Waals surface area contributed by atoms with Crippen LogP contribution < -0.4 is 26.1 Å². The van der Waals surface area contributed by atoms with Gasteiger partial charge < -0.3 is 25.5 Å². The highest BCUT2D eigenvalue weighted by Gasteiger charge is 2.31. The predicted molar refractivity (Wildman–Crippen MR) is 128 cm³/mol. The lowest BCUT2D eigenvalue weighted by Gasteiger charge is -2.25. The fourth-order valence-corrected chi connectivity index (χ4v) is 4.53. The largest absolute Gasteiger partial charge is 0.490 e. The van der Waals surface area contributed by atoms with E-state index in [1.165, 1.54) is 23.9 Å². The first-order valence-corrected chi connectivity index (χ1v) is 11.8. The van der Waals surface area contributed by atoms with Crippen molar-refractivity contribution in [2.45, 2.75) is 30.2 Å². The zero-order valence-corrected chi connectivity index (χ0v) is 19.6. The number of nitrogens with two attached hydrogens (primary N) is 1. The lowest BCUT2D eigenvalue weighted by molar-refractivity contribution is -0.120. The van der Waals surface area contributed by atoms with Crippen molar-refractivity contribution >= 4 is 29.4 Å². The number of primary amides is 1. The van der Waals surface area contributed by atoms with Crippen molar-refractivity contribution in [3.8, 4) is 11.5 Å². The van der Waals surface area contributed by atoms with Gasteiger partial charge in [0.25, 0.3) is 11.5 Å². The molecule has 9 nitrogen and oxygen atoms in total. The number of nitrogens with zero attached hydrogens (tertiary/aromatic N) is 1. The molecule has 2 heterocycles. The fourth-order valence-electron chi connectivity index (χ4n) is 3.71. The molecule has 4 rings (SSSR count). The molecule has 35 heavy (non-hydrogen) atoms. The zero-order valence-electron chi connectivity index (χ0n) is 18.8. The predicted octanol–water partition coefficient (Wildman–Crippen LogP) is 2.94. The summed E-state index contributed by atoms with van der Waals surface area (Å²) >= 11 is 1.27. The third-order valence-corrected chi connectivity index (χ3v) is 6.20. The standard InChI is InChI=1S/C24H23FN4O5S/c1-2-33-18-9-14(5-8-17(18)34-11-19(26)30)16-10-20(31)27-22-21(16)23(32)29-24(28-22)35-12-13-3-6-15(25)7-4-13/h3-9,16H,2,10-12H2,1H3,(H2,26,30)(H2,27,28,29,31,32)/t16-/m0/s1. The Morgan fingerprint density at radius 2 is 1.94 bits per heavy atom. The highest BCUT2D eigenvalue weighted by molar-refractivity contribution is 7.98. The molecule has 0 unspecified atom stereocenters.